The number of hydrogen-bond donors (Lipinski definition) is 3. The van der Waals surface area contributed by atoms with Gasteiger partial charge >= 0.3 is 12.1 Å². The summed E-state index contributed by atoms with van der Waals surface area (Å²) in [6.07, 6.45) is -0.299. The summed E-state index contributed by atoms with van der Waals surface area (Å²) >= 11 is 0.526. The van der Waals surface area contributed by atoms with E-state index in [-0.39, 0.29) is 34.3 Å². The van der Waals surface area contributed by atoms with E-state index < -0.39 is 47.3 Å². The maximum absolute atomic E-state index is 13.8. The molecule has 0 radical (unpaired) electrons. The van der Waals surface area contributed by atoms with Crippen molar-refractivity contribution in [1.29, 1.82) is 0 Å². The second-order valence-corrected chi connectivity index (χ2v) is 10.3. The maximum atomic E-state index is 13.8. The van der Waals surface area contributed by atoms with Crippen LogP contribution in [-0.4, -0.2) is 62.7 Å². The van der Waals surface area contributed by atoms with Crippen molar-refractivity contribution in [2.75, 3.05) is 11.9 Å². The molecule has 0 aromatic carbocycles. The summed E-state index contributed by atoms with van der Waals surface area (Å²) < 4.78 is 77.8. The van der Waals surface area contributed by atoms with Crippen molar-refractivity contribution in [3.05, 3.63) is 28.5 Å². The van der Waals surface area contributed by atoms with Crippen LogP contribution < -0.4 is 10.9 Å². The van der Waals surface area contributed by atoms with Gasteiger partial charge in [-0.2, -0.15) is 18.7 Å². The Morgan fingerprint density at radius 3 is 2.21 bits per heavy atom. The number of aliphatic hydroxyl groups excluding tert-OH is 1. The fraction of sp³-hybridized carbons (Fsp3) is 0.565. The van der Waals surface area contributed by atoms with Crippen LogP contribution in [0.5, 0.6) is 0 Å². The summed E-state index contributed by atoms with van der Waals surface area (Å²) in [5, 5.41) is 9.91. The normalized spacial score (nSPS) is 20.7. The Bertz CT molecular complexity index is 1150. The first kappa shape index (κ1) is 28.1. The number of carbonyl (C=O) groups is 2. The minimum Gasteiger partial charge on any atom is -0.393 e. The van der Waals surface area contributed by atoms with Crippen LogP contribution in [-0.2, 0) is 0 Å². The van der Waals surface area contributed by atoms with Crippen molar-refractivity contribution < 1.29 is 41.1 Å². The number of rotatable bonds is 6. The van der Waals surface area contributed by atoms with Gasteiger partial charge in [0, 0.05) is 29.4 Å². The highest BCUT2D eigenvalue weighted by molar-refractivity contribution is 7.17. The zero-order chi connectivity index (χ0) is 27.6. The van der Waals surface area contributed by atoms with Gasteiger partial charge in [-0.1, -0.05) is 4.48 Å². The molecule has 2 aliphatic heterocycles. The van der Waals surface area contributed by atoms with Gasteiger partial charge in [0.05, 0.1) is 11.0 Å². The molecular formula is C23H25F6N5O3S. The molecule has 1 saturated carbocycles. The number of nitrogens with one attached hydrogen (secondary N) is 2. The second kappa shape index (κ2) is 11.4. The Labute approximate surface area is 217 Å². The van der Waals surface area contributed by atoms with Gasteiger partial charge in [0.1, 0.15) is 18.1 Å². The van der Waals surface area contributed by atoms with E-state index in [1.165, 1.54) is 6.42 Å². The lowest BCUT2D eigenvalue weighted by Gasteiger charge is -2.21. The summed E-state index contributed by atoms with van der Waals surface area (Å²) in [6.45, 7) is -1.48. The van der Waals surface area contributed by atoms with Crippen LogP contribution in [0.3, 0.4) is 0 Å². The highest BCUT2D eigenvalue weighted by Gasteiger charge is 2.44. The predicted molar refractivity (Wildman–Crippen MR) is 125 cm³/mol. The SMILES string of the molecule is O=C(NF)c1nc(C(=O)N2C3CCC2CC3)c(-c2cnc(NCC(F)(F)F)cc2C(F)F)s1.OC1CCC1. The number of aromatic nitrogens is 2. The van der Waals surface area contributed by atoms with E-state index in [1.54, 1.807) is 4.90 Å². The summed E-state index contributed by atoms with van der Waals surface area (Å²) in [6, 6.07) is 0.683. The van der Waals surface area contributed by atoms with Crippen molar-refractivity contribution in [2.45, 2.75) is 75.7 Å². The fourth-order valence-corrected chi connectivity index (χ4v) is 5.64. The quantitative estimate of drug-likeness (QED) is 0.335. The molecule has 38 heavy (non-hydrogen) atoms. The number of alkyl halides is 5. The van der Waals surface area contributed by atoms with E-state index in [2.05, 4.69) is 9.97 Å². The lowest BCUT2D eigenvalue weighted by molar-refractivity contribution is -0.115. The van der Waals surface area contributed by atoms with E-state index in [0.717, 1.165) is 56.3 Å². The first-order valence-electron chi connectivity index (χ1n) is 12.0. The predicted octanol–water partition coefficient (Wildman–Crippen LogP) is 5.03. The Hall–Kier alpha value is -2.94. The van der Waals surface area contributed by atoms with Gasteiger partial charge in [0.15, 0.2) is 5.01 Å². The van der Waals surface area contributed by atoms with Gasteiger partial charge < -0.3 is 15.3 Å². The minimum absolute atomic E-state index is 0.0304. The van der Waals surface area contributed by atoms with Gasteiger partial charge in [-0.25, -0.2) is 18.7 Å². The standard InChI is InChI=1S/C19H17F6N5O2S.C4H8O/c20-15(21)10-5-12(27-7-19(22,23)24)26-6-11(10)14-13(28-17(33-14)16(31)29-25)18(32)30-8-1-2-9(30)4-3-8;5-4-2-1-3-4/h5-6,8-9,15H,1-4,7H2,(H,26,27)(H,29,31);4-5H,1-3H2. The number of carbonyl (C=O) groups excluding carboxylic acids is 2. The lowest BCUT2D eigenvalue weighted by Crippen LogP contribution is -2.35. The molecule has 2 aromatic heterocycles. The number of pyridine rings is 1. The molecule has 3 N–H and O–H groups in total. The third-order valence-corrected chi connectivity index (χ3v) is 7.85. The van der Waals surface area contributed by atoms with Crippen LogP contribution in [0.1, 0.15) is 77.2 Å². The molecule has 0 atom stereocenters. The van der Waals surface area contributed by atoms with Crippen LogP contribution >= 0.6 is 11.3 Å². The molecule has 3 fully saturated rings. The Kier molecular flexibility index (Phi) is 8.45. The molecule has 2 aromatic rings. The van der Waals surface area contributed by atoms with Gasteiger partial charge in [-0.05, 0) is 51.0 Å². The monoisotopic (exact) mass is 565 g/mol. The maximum Gasteiger partial charge on any atom is 0.405 e. The van der Waals surface area contributed by atoms with E-state index in [1.807, 2.05) is 5.32 Å². The molecule has 3 aliphatic rings. The number of amides is 2. The fourth-order valence-electron chi connectivity index (χ4n) is 4.67. The molecule has 0 unspecified atom stereocenters. The number of aliphatic hydroxyl groups is 1. The van der Waals surface area contributed by atoms with Crippen LogP contribution in [0, 0.1) is 0 Å². The highest BCUT2D eigenvalue weighted by atomic mass is 32.1. The molecule has 5 rings (SSSR count). The molecule has 15 heteroatoms. The van der Waals surface area contributed by atoms with Crippen LogP contribution in [0.2, 0.25) is 0 Å². The molecule has 2 bridgehead atoms. The van der Waals surface area contributed by atoms with E-state index in [0.29, 0.717) is 11.3 Å². The highest BCUT2D eigenvalue weighted by Crippen LogP contribution is 2.42. The summed E-state index contributed by atoms with van der Waals surface area (Å²) in [5.41, 5.74) is -0.377. The van der Waals surface area contributed by atoms with Gasteiger partial charge in [-0.3, -0.25) is 9.59 Å². The largest absolute Gasteiger partial charge is 0.405 e. The van der Waals surface area contributed by atoms with Crippen molar-refractivity contribution >= 4 is 29.0 Å². The average Bonchev–Trinajstić information content (AvgIpc) is 3.60. The minimum atomic E-state index is -4.59. The molecule has 4 heterocycles. The van der Waals surface area contributed by atoms with Crippen LogP contribution in [0.4, 0.5) is 32.3 Å². The van der Waals surface area contributed by atoms with E-state index in [4.69, 9.17) is 5.11 Å². The zero-order valence-electron chi connectivity index (χ0n) is 19.9. The van der Waals surface area contributed by atoms with Crippen LogP contribution in [0.25, 0.3) is 10.4 Å². The smallest absolute Gasteiger partial charge is 0.393 e. The molecule has 8 nitrogen and oxygen atoms in total. The number of nitrogens with zero attached hydrogens (tertiary/aromatic N) is 3. The van der Waals surface area contributed by atoms with Crippen molar-refractivity contribution in [2.24, 2.45) is 0 Å². The summed E-state index contributed by atoms with van der Waals surface area (Å²) in [7, 11) is 0. The Balaban J connectivity index is 0.000000603. The number of fused-ring (bicyclic) bond motifs is 2. The van der Waals surface area contributed by atoms with Crippen molar-refractivity contribution in [1.82, 2.24) is 20.4 Å². The average molecular weight is 566 g/mol. The van der Waals surface area contributed by atoms with E-state index in [9.17, 15) is 36.0 Å². The van der Waals surface area contributed by atoms with Gasteiger partial charge in [0.25, 0.3) is 12.3 Å². The van der Waals surface area contributed by atoms with Crippen molar-refractivity contribution in [3.8, 4) is 10.4 Å². The van der Waals surface area contributed by atoms with E-state index >= 15 is 0 Å². The third kappa shape index (κ3) is 6.20. The lowest BCUT2D eigenvalue weighted by atomic mass is 9.97. The summed E-state index contributed by atoms with van der Waals surface area (Å²) in [5.74, 6) is -2.26. The third-order valence-electron chi connectivity index (χ3n) is 6.76. The molecule has 1 aliphatic carbocycles. The molecule has 2 amide bonds. The Morgan fingerprint density at radius 2 is 1.74 bits per heavy atom. The molecule has 2 saturated heterocycles. The first-order chi connectivity index (χ1) is 18.0. The zero-order valence-corrected chi connectivity index (χ0v) is 20.7. The van der Waals surface area contributed by atoms with Crippen LogP contribution in [0.15, 0.2) is 12.3 Å². The number of hydrogen-bond acceptors (Lipinski definition) is 7. The topological polar surface area (TPSA) is 107 Å². The number of halogens is 6. The van der Waals surface area contributed by atoms with Gasteiger partial charge in [-0.15, -0.1) is 11.3 Å². The molecule has 0 spiro atoms. The number of thiazole rings is 1. The van der Waals surface area contributed by atoms with Crippen molar-refractivity contribution in [3.63, 3.8) is 0 Å². The molecule has 208 valence electrons. The molecular weight excluding hydrogens is 540 g/mol. The summed E-state index contributed by atoms with van der Waals surface area (Å²) in [4.78, 5) is 34.3. The second-order valence-electron chi connectivity index (χ2n) is 9.31. The first-order valence-corrected chi connectivity index (χ1v) is 12.8. The number of anilines is 1. The van der Waals surface area contributed by atoms with Gasteiger partial charge in [0.2, 0.25) is 0 Å². The Morgan fingerprint density at radius 1 is 1.13 bits per heavy atom.